The average Bonchev–Trinajstić information content (AvgIpc) is 3.15. The number of thiophene rings is 1. The van der Waals surface area contributed by atoms with Crippen molar-refractivity contribution in [2.45, 2.75) is 19.4 Å². The molecule has 0 radical (unpaired) electrons. The number of ether oxygens (including phenoxy) is 1. The molecule has 1 amide bonds. The third-order valence-electron chi connectivity index (χ3n) is 3.64. The predicted octanol–water partition coefficient (Wildman–Crippen LogP) is 1.00. The lowest BCUT2D eigenvalue weighted by Crippen LogP contribution is -2.31. The first-order valence-corrected chi connectivity index (χ1v) is 7.89. The smallest absolute Gasteiger partial charge is 0.262 e. The Morgan fingerprint density at radius 2 is 2.48 bits per heavy atom. The lowest BCUT2D eigenvalue weighted by molar-refractivity contribution is -0.121. The Balaban J connectivity index is 1.54. The number of carbonyl (C=O) groups is 1. The van der Waals surface area contributed by atoms with Crippen molar-refractivity contribution in [1.82, 2.24) is 14.9 Å². The number of hydrogen-bond acceptors (Lipinski definition) is 5. The van der Waals surface area contributed by atoms with Gasteiger partial charge >= 0.3 is 0 Å². The van der Waals surface area contributed by atoms with E-state index in [1.54, 1.807) is 6.07 Å². The average molecular weight is 307 g/mol. The van der Waals surface area contributed by atoms with Gasteiger partial charge in [0.2, 0.25) is 5.91 Å². The molecular weight excluding hydrogens is 290 g/mol. The van der Waals surface area contributed by atoms with Gasteiger partial charge in [0, 0.05) is 32.0 Å². The molecule has 2 aromatic rings. The Morgan fingerprint density at radius 3 is 3.29 bits per heavy atom. The van der Waals surface area contributed by atoms with E-state index in [4.69, 9.17) is 4.74 Å². The molecule has 1 N–H and O–H groups in total. The maximum atomic E-state index is 12.2. The number of aromatic nitrogens is 2. The fraction of sp³-hybridized carbons (Fsp3) is 0.500. The molecule has 112 valence electrons. The summed E-state index contributed by atoms with van der Waals surface area (Å²) in [7, 11) is 0. The molecule has 0 saturated carbocycles. The van der Waals surface area contributed by atoms with Crippen molar-refractivity contribution in [3.63, 3.8) is 0 Å². The minimum atomic E-state index is -0.0850. The lowest BCUT2D eigenvalue weighted by atomic mass is 10.1. The summed E-state index contributed by atoms with van der Waals surface area (Å²) < 4.78 is 6.76. The summed E-state index contributed by atoms with van der Waals surface area (Å²) in [5.74, 6) is 0.375. The van der Waals surface area contributed by atoms with Gasteiger partial charge in [0.15, 0.2) is 0 Å². The van der Waals surface area contributed by atoms with Crippen LogP contribution in [0.4, 0.5) is 0 Å². The summed E-state index contributed by atoms with van der Waals surface area (Å²) in [6.07, 6.45) is 2.79. The van der Waals surface area contributed by atoms with Gasteiger partial charge in [-0.1, -0.05) is 0 Å². The maximum absolute atomic E-state index is 12.2. The van der Waals surface area contributed by atoms with Crippen molar-refractivity contribution < 1.29 is 9.53 Å². The standard InChI is InChI=1S/C14H17N3O3S/c18-12(15-7-10-2-5-20-8-10)1-4-17-9-16-13-11(14(17)19)3-6-21-13/h3,6,9-10H,1-2,4-5,7-8H2,(H,15,18)/t10-/m1/s1. The molecule has 0 bridgehead atoms. The molecule has 3 heterocycles. The Bertz CT molecular complexity index is 688. The number of aryl methyl sites for hydroxylation is 1. The molecule has 6 nitrogen and oxygen atoms in total. The Kier molecular flexibility index (Phi) is 4.31. The molecule has 1 fully saturated rings. The number of rotatable bonds is 5. The van der Waals surface area contributed by atoms with Crippen molar-refractivity contribution in [2.75, 3.05) is 19.8 Å². The summed E-state index contributed by atoms with van der Waals surface area (Å²) in [5.41, 5.74) is -0.0850. The van der Waals surface area contributed by atoms with Crippen LogP contribution in [-0.2, 0) is 16.1 Å². The van der Waals surface area contributed by atoms with E-state index >= 15 is 0 Å². The van der Waals surface area contributed by atoms with Gasteiger partial charge in [-0.05, 0) is 17.9 Å². The van der Waals surface area contributed by atoms with Gasteiger partial charge in [-0.2, -0.15) is 0 Å². The summed E-state index contributed by atoms with van der Waals surface area (Å²) in [6, 6.07) is 1.77. The normalized spacial score (nSPS) is 18.2. The number of hydrogen-bond donors (Lipinski definition) is 1. The SMILES string of the molecule is O=C(CCn1cnc2sccc2c1=O)NC[C@H]1CCOC1. The minimum Gasteiger partial charge on any atom is -0.381 e. The van der Waals surface area contributed by atoms with Crippen LogP contribution in [0, 0.1) is 5.92 Å². The molecule has 0 aromatic carbocycles. The van der Waals surface area contributed by atoms with Crippen LogP contribution < -0.4 is 10.9 Å². The van der Waals surface area contributed by atoms with E-state index in [1.807, 2.05) is 5.38 Å². The van der Waals surface area contributed by atoms with Gasteiger partial charge in [0.1, 0.15) is 4.83 Å². The minimum absolute atomic E-state index is 0.0424. The number of carbonyl (C=O) groups excluding carboxylic acids is 1. The van der Waals surface area contributed by atoms with Crippen molar-refractivity contribution in [3.05, 3.63) is 28.1 Å². The summed E-state index contributed by atoms with van der Waals surface area (Å²) >= 11 is 1.44. The molecule has 7 heteroatoms. The second-order valence-electron chi connectivity index (χ2n) is 5.17. The Morgan fingerprint density at radius 1 is 1.57 bits per heavy atom. The first-order chi connectivity index (χ1) is 10.2. The van der Waals surface area contributed by atoms with Crippen molar-refractivity contribution in [1.29, 1.82) is 0 Å². The molecule has 1 aliphatic heterocycles. The fourth-order valence-electron chi connectivity index (χ4n) is 2.37. The largest absolute Gasteiger partial charge is 0.381 e. The summed E-state index contributed by atoms with van der Waals surface area (Å²) in [6.45, 7) is 2.50. The van der Waals surface area contributed by atoms with Crippen LogP contribution in [0.5, 0.6) is 0 Å². The maximum Gasteiger partial charge on any atom is 0.262 e. The number of fused-ring (bicyclic) bond motifs is 1. The van der Waals surface area contributed by atoms with Gasteiger partial charge in [0.05, 0.1) is 18.3 Å². The van der Waals surface area contributed by atoms with E-state index in [2.05, 4.69) is 10.3 Å². The van der Waals surface area contributed by atoms with Crippen LogP contribution in [0.15, 0.2) is 22.6 Å². The molecule has 0 unspecified atom stereocenters. The molecule has 1 atom stereocenters. The second-order valence-corrected chi connectivity index (χ2v) is 6.06. The molecule has 1 aliphatic rings. The highest BCUT2D eigenvalue weighted by Crippen LogP contribution is 2.13. The zero-order valence-electron chi connectivity index (χ0n) is 11.6. The number of nitrogens with one attached hydrogen (secondary N) is 1. The molecule has 0 spiro atoms. The number of nitrogens with zero attached hydrogens (tertiary/aromatic N) is 2. The van der Waals surface area contributed by atoms with Crippen molar-refractivity contribution in [3.8, 4) is 0 Å². The van der Waals surface area contributed by atoms with Gasteiger partial charge in [-0.3, -0.25) is 14.2 Å². The van der Waals surface area contributed by atoms with Crippen molar-refractivity contribution in [2.24, 2.45) is 5.92 Å². The van der Waals surface area contributed by atoms with E-state index < -0.39 is 0 Å². The monoisotopic (exact) mass is 307 g/mol. The highest BCUT2D eigenvalue weighted by molar-refractivity contribution is 7.16. The summed E-state index contributed by atoms with van der Waals surface area (Å²) in [5, 5.41) is 5.36. The van der Waals surface area contributed by atoms with Crippen LogP contribution in [-0.4, -0.2) is 35.2 Å². The predicted molar refractivity (Wildman–Crippen MR) is 80.4 cm³/mol. The molecule has 2 aromatic heterocycles. The Labute approximate surface area is 125 Å². The topological polar surface area (TPSA) is 73.2 Å². The lowest BCUT2D eigenvalue weighted by Gasteiger charge is -2.10. The summed E-state index contributed by atoms with van der Waals surface area (Å²) in [4.78, 5) is 28.9. The first-order valence-electron chi connectivity index (χ1n) is 7.01. The zero-order valence-corrected chi connectivity index (χ0v) is 12.4. The third-order valence-corrected chi connectivity index (χ3v) is 4.46. The number of amides is 1. The highest BCUT2D eigenvalue weighted by atomic mass is 32.1. The van der Waals surface area contributed by atoms with E-state index in [9.17, 15) is 9.59 Å². The quantitative estimate of drug-likeness (QED) is 0.894. The Hall–Kier alpha value is -1.73. The van der Waals surface area contributed by atoms with Crippen LogP contribution in [0.2, 0.25) is 0 Å². The van der Waals surface area contributed by atoms with Crippen LogP contribution in [0.25, 0.3) is 10.2 Å². The van der Waals surface area contributed by atoms with Crippen LogP contribution in [0.3, 0.4) is 0 Å². The third kappa shape index (κ3) is 3.30. The van der Waals surface area contributed by atoms with E-state index in [1.165, 1.54) is 22.2 Å². The van der Waals surface area contributed by atoms with Gasteiger partial charge < -0.3 is 10.1 Å². The molecule has 3 rings (SSSR count). The zero-order chi connectivity index (χ0) is 14.7. The highest BCUT2D eigenvalue weighted by Gasteiger charge is 2.16. The molecule has 21 heavy (non-hydrogen) atoms. The van der Waals surface area contributed by atoms with E-state index in [-0.39, 0.29) is 17.9 Å². The molecule has 1 saturated heterocycles. The first kappa shape index (κ1) is 14.2. The van der Waals surface area contributed by atoms with Gasteiger partial charge in [-0.15, -0.1) is 11.3 Å². The van der Waals surface area contributed by atoms with E-state index in [0.717, 1.165) is 24.5 Å². The van der Waals surface area contributed by atoms with Crippen molar-refractivity contribution >= 4 is 27.5 Å². The molecule has 0 aliphatic carbocycles. The van der Waals surface area contributed by atoms with Gasteiger partial charge in [0.25, 0.3) is 5.56 Å². The molecular formula is C14H17N3O3S. The second kappa shape index (κ2) is 6.36. The van der Waals surface area contributed by atoms with Crippen LogP contribution in [0.1, 0.15) is 12.8 Å². The van der Waals surface area contributed by atoms with E-state index in [0.29, 0.717) is 24.4 Å². The van der Waals surface area contributed by atoms with Gasteiger partial charge in [-0.25, -0.2) is 4.98 Å². The van der Waals surface area contributed by atoms with Crippen LogP contribution >= 0.6 is 11.3 Å². The fourth-order valence-corrected chi connectivity index (χ4v) is 3.09.